The van der Waals surface area contributed by atoms with E-state index in [4.69, 9.17) is 26.1 Å². The van der Waals surface area contributed by atoms with Gasteiger partial charge in [0, 0.05) is 29.1 Å². The summed E-state index contributed by atoms with van der Waals surface area (Å²) in [6, 6.07) is 9.88. The fourth-order valence-corrected chi connectivity index (χ4v) is 6.21. The number of methoxy groups -OCH3 is 2. The van der Waals surface area contributed by atoms with Gasteiger partial charge in [0.2, 0.25) is 0 Å². The number of benzene rings is 2. The first-order valence-electron chi connectivity index (χ1n) is 12.8. The SMILES string of the molecule is COC(=O)N1c2ccc3c(nc(Cc4cc(Cl)cc(OC)c4)n3C3CCC(C(=O)O)CC3)c2CCC1C. The van der Waals surface area contributed by atoms with E-state index in [0.29, 0.717) is 30.0 Å². The number of carbonyl (C=O) groups is 2. The van der Waals surface area contributed by atoms with Crippen molar-refractivity contribution in [2.75, 3.05) is 19.1 Å². The molecule has 2 aliphatic rings. The minimum absolute atomic E-state index is 0.0316. The molecule has 1 saturated carbocycles. The molecule has 1 fully saturated rings. The number of hydrogen-bond donors (Lipinski definition) is 1. The number of carboxylic acids is 1. The van der Waals surface area contributed by atoms with E-state index in [1.54, 1.807) is 18.1 Å². The second-order valence-electron chi connectivity index (χ2n) is 10.1. The van der Waals surface area contributed by atoms with Crippen molar-refractivity contribution in [1.82, 2.24) is 9.55 Å². The van der Waals surface area contributed by atoms with Gasteiger partial charge in [-0.05, 0) is 81.3 Å². The maximum atomic E-state index is 12.6. The highest BCUT2D eigenvalue weighted by atomic mass is 35.5. The third-order valence-corrected chi connectivity index (χ3v) is 8.06. The summed E-state index contributed by atoms with van der Waals surface area (Å²) < 4.78 is 12.8. The molecule has 1 aliphatic heterocycles. The fourth-order valence-electron chi connectivity index (χ4n) is 5.96. The molecule has 2 aromatic carbocycles. The monoisotopic (exact) mass is 525 g/mol. The highest BCUT2D eigenvalue weighted by molar-refractivity contribution is 6.30. The summed E-state index contributed by atoms with van der Waals surface area (Å²) in [5.41, 5.74) is 4.78. The number of carboxylic acid groups (broad SMARTS) is 1. The minimum atomic E-state index is -0.716. The molecule has 1 amide bonds. The van der Waals surface area contributed by atoms with Crippen LogP contribution in [0.4, 0.5) is 10.5 Å². The Balaban J connectivity index is 1.62. The van der Waals surface area contributed by atoms with Crippen LogP contribution in [-0.2, 0) is 22.4 Å². The van der Waals surface area contributed by atoms with Crippen molar-refractivity contribution in [2.24, 2.45) is 5.92 Å². The number of carbonyl (C=O) groups excluding carboxylic acids is 1. The number of anilines is 1. The number of fused-ring (bicyclic) bond motifs is 3. The summed E-state index contributed by atoms with van der Waals surface area (Å²) >= 11 is 6.36. The topological polar surface area (TPSA) is 93.9 Å². The lowest BCUT2D eigenvalue weighted by Gasteiger charge is -2.34. The maximum Gasteiger partial charge on any atom is 0.414 e. The zero-order chi connectivity index (χ0) is 26.3. The molecule has 5 rings (SSSR count). The Morgan fingerprint density at radius 3 is 2.54 bits per heavy atom. The lowest BCUT2D eigenvalue weighted by Crippen LogP contribution is -2.42. The van der Waals surface area contributed by atoms with Crippen molar-refractivity contribution in [2.45, 2.75) is 64.0 Å². The van der Waals surface area contributed by atoms with Crippen molar-refractivity contribution < 1.29 is 24.2 Å². The molecule has 0 spiro atoms. The summed E-state index contributed by atoms with van der Waals surface area (Å²) in [4.78, 5) is 31.1. The van der Waals surface area contributed by atoms with Crippen LogP contribution in [0.5, 0.6) is 5.75 Å². The Labute approximate surface area is 221 Å². The van der Waals surface area contributed by atoms with Crippen LogP contribution in [0.15, 0.2) is 30.3 Å². The Hall–Kier alpha value is -3.26. The molecule has 196 valence electrons. The lowest BCUT2D eigenvalue weighted by molar-refractivity contribution is -0.143. The molecule has 1 atom stereocenters. The smallest absolute Gasteiger partial charge is 0.414 e. The van der Waals surface area contributed by atoms with Gasteiger partial charge < -0.3 is 19.1 Å². The van der Waals surface area contributed by atoms with Crippen LogP contribution >= 0.6 is 11.6 Å². The summed E-state index contributed by atoms with van der Waals surface area (Å²) in [5.74, 6) is 0.572. The molecule has 0 saturated heterocycles. The Morgan fingerprint density at radius 2 is 1.86 bits per heavy atom. The number of amides is 1. The molecule has 3 aromatic rings. The third kappa shape index (κ3) is 4.75. The summed E-state index contributed by atoms with van der Waals surface area (Å²) in [6.07, 6.45) is 4.65. The largest absolute Gasteiger partial charge is 0.497 e. The van der Waals surface area contributed by atoms with Gasteiger partial charge in [0.25, 0.3) is 0 Å². The van der Waals surface area contributed by atoms with Gasteiger partial charge in [0.1, 0.15) is 11.6 Å². The first-order chi connectivity index (χ1) is 17.8. The first kappa shape index (κ1) is 25.4. The average molecular weight is 526 g/mol. The number of aliphatic carboxylic acids is 1. The van der Waals surface area contributed by atoms with Gasteiger partial charge in [0.05, 0.1) is 36.9 Å². The molecule has 1 N–H and O–H groups in total. The number of aryl methyl sites for hydroxylation is 1. The second kappa shape index (κ2) is 10.2. The molecular weight excluding hydrogens is 494 g/mol. The molecular formula is C28H32ClN3O5. The van der Waals surface area contributed by atoms with E-state index in [9.17, 15) is 14.7 Å². The average Bonchev–Trinajstić information content (AvgIpc) is 3.25. The molecule has 2 heterocycles. The summed E-state index contributed by atoms with van der Waals surface area (Å²) in [5, 5.41) is 10.1. The van der Waals surface area contributed by atoms with E-state index in [-0.39, 0.29) is 24.1 Å². The molecule has 1 aromatic heterocycles. The van der Waals surface area contributed by atoms with Crippen LogP contribution in [0.25, 0.3) is 11.0 Å². The van der Waals surface area contributed by atoms with Crippen LogP contribution in [0.3, 0.4) is 0 Å². The third-order valence-electron chi connectivity index (χ3n) is 7.84. The van der Waals surface area contributed by atoms with Gasteiger partial charge in [-0.3, -0.25) is 9.69 Å². The standard InChI is InChI=1S/C28H32ClN3O5/c1-16-4-9-22-23(31(16)28(35)37-3)10-11-24-26(22)30-25(14-17-12-19(29)15-21(13-17)36-2)32(24)20-7-5-18(6-8-20)27(33)34/h10-13,15-16,18,20H,4-9,14H2,1-3H3,(H,33,34). The molecule has 37 heavy (non-hydrogen) atoms. The van der Waals surface area contributed by atoms with Crippen LogP contribution in [-0.4, -0.2) is 47.0 Å². The number of rotatable bonds is 5. The molecule has 8 nitrogen and oxygen atoms in total. The van der Waals surface area contributed by atoms with E-state index in [0.717, 1.165) is 59.4 Å². The number of halogens is 1. The van der Waals surface area contributed by atoms with Crippen molar-refractivity contribution in [3.8, 4) is 5.75 Å². The van der Waals surface area contributed by atoms with Crippen molar-refractivity contribution in [3.63, 3.8) is 0 Å². The van der Waals surface area contributed by atoms with E-state index in [1.165, 1.54) is 7.11 Å². The quantitative estimate of drug-likeness (QED) is 0.438. The highest BCUT2D eigenvalue weighted by Gasteiger charge is 2.33. The lowest BCUT2D eigenvalue weighted by atomic mass is 9.85. The van der Waals surface area contributed by atoms with E-state index in [2.05, 4.69) is 4.57 Å². The van der Waals surface area contributed by atoms with Crippen molar-refractivity contribution >= 4 is 40.4 Å². The van der Waals surface area contributed by atoms with Gasteiger partial charge in [-0.25, -0.2) is 9.78 Å². The first-order valence-corrected chi connectivity index (χ1v) is 13.1. The summed E-state index contributed by atoms with van der Waals surface area (Å²) in [6.45, 7) is 2.03. The Morgan fingerprint density at radius 1 is 1.11 bits per heavy atom. The maximum absolute atomic E-state index is 12.6. The number of ether oxygens (including phenoxy) is 2. The van der Waals surface area contributed by atoms with Gasteiger partial charge in [-0.15, -0.1) is 0 Å². The van der Waals surface area contributed by atoms with Crippen LogP contribution < -0.4 is 9.64 Å². The highest BCUT2D eigenvalue weighted by Crippen LogP contribution is 2.41. The fraction of sp³-hybridized carbons (Fsp3) is 0.464. The second-order valence-corrected chi connectivity index (χ2v) is 10.5. The van der Waals surface area contributed by atoms with Crippen molar-refractivity contribution in [1.29, 1.82) is 0 Å². The number of imidazole rings is 1. The van der Waals surface area contributed by atoms with Gasteiger partial charge in [0.15, 0.2) is 0 Å². The van der Waals surface area contributed by atoms with Gasteiger partial charge in [-0.1, -0.05) is 11.6 Å². The number of hydrogen-bond acceptors (Lipinski definition) is 5. The molecule has 1 aliphatic carbocycles. The van der Waals surface area contributed by atoms with Crippen molar-refractivity contribution in [3.05, 3.63) is 52.3 Å². The van der Waals surface area contributed by atoms with Crippen LogP contribution in [0.1, 0.15) is 62.0 Å². The molecule has 0 radical (unpaired) electrons. The predicted molar refractivity (Wildman–Crippen MR) is 142 cm³/mol. The van der Waals surface area contributed by atoms with Gasteiger partial charge >= 0.3 is 12.1 Å². The van der Waals surface area contributed by atoms with E-state index in [1.807, 2.05) is 31.2 Å². The molecule has 9 heteroatoms. The zero-order valence-corrected chi connectivity index (χ0v) is 22.1. The van der Waals surface area contributed by atoms with Crippen LogP contribution in [0, 0.1) is 5.92 Å². The zero-order valence-electron chi connectivity index (χ0n) is 21.4. The number of nitrogens with zero attached hydrogens (tertiary/aromatic N) is 3. The van der Waals surface area contributed by atoms with E-state index >= 15 is 0 Å². The molecule has 0 bridgehead atoms. The predicted octanol–water partition coefficient (Wildman–Crippen LogP) is 6.01. The molecule has 1 unspecified atom stereocenters. The minimum Gasteiger partial charge on any atom is -0.497 e. The Kier molecular flexibility index (Phi) is 7.03. The normalized spacial score (nSPS) is 21.5. The Bertz CT molecular complexity index is 1350. The van der Waals surface area contributed by atoms with Crippen LogP contribution in [0.2, 0.25) is 5.02 Å². The summed E-state index contributed by atoms with van der Waals surface area (Å²) in [7, 11) is 3.02. The number of aromatic nitrogens is 2. The van der Waals surface area contributed by atoms with Gasteiger partial charge in [-0.2, -0.15) is 0 Å². The van der Waals surface area contributed by atoms with E-state index < -0.39 is 5.97 Å².